The molecule has 0 aliphatic heterocycles. The molecule has 0 saturated heterocycles. The predicted octanol–water partition coefficient (Wildman–Crippen LogP) is 14.7. The minimum Gasteiger partial charge on any atom is -0.308 e. The Hall–Kier alpha value is -11.2. The third-order valence-electron chi connectivity index (χ3n) is 13.0. The molecular weight excluding hydrogens is 923 g/mol. The van der Waals surface area contributed by atoms with Crippen LogP contribution in [-0.4, -0.2) is 34.5 Å². The lowest BCUT2D eigenvalue weighted by Gasteiger charge is -2.22. The fourth-order valence-electron chi connectivity index (χ4n) is 9.51. The molecule has 0 bridgehead atoms. The number of nitrogens with zero attached hydrogens (tertiary/aromatic N) is 11. The van der Waals surface area contributed by atoms with Gasteiger partial charge < -0.3 is 4.57 Å². The number of fused-ring (bicyclic) bond motifs is 3. The van der Waals surface area contributed by atoms with Gasteiger partial charge in [-0.2, -0.15) is 15.8 Å². The maximum absolute atomic E-state index is 10.9. The van der Waals surface area contributed by atoms with Crippen molar-refractivity contribution in [3.63, 3.8) is 0 Å². The molecule has 0 saturated carbocycles. The quantitative estimate of drug-likeness (QED) is 0.128. The molecule has 0 atom stereocenters. The van der Waals surface area contributed by atoms with Crippen LogP contribution in [0, 0.1) is 40.6 Å². The summed E-state index contributed by atoms with van der Waals surface area (Å²) in [6.45, 7) is 7.89. The van der Waals surface area contributed by atoms with Gasteiger partial charge in [0.2, 0.25) is 0 Å². The molecule has 3 aromatic heterocycles. The standard InChI is InChI=1S/C64H35N11/c1-68-49-28-30-51(48(33-49)39-67)55-36-46(64-73-61(43-20-10-4-11-21-43)70-62(74-64)44-22-12-5-13-23-44)35-54(50-29-26-40(37-65)32-47(50)38-66)58(55)75-56-25-15-14-24-52(56)53-34-45(27-31-57(53)75)63-71-59(41-16-6-2-7-17-41)69-60(72-63)42-18-8-3-9-19-42/h2-36H. The Labute approximate surface area is 430 Å². The predicted molar refractivity (Wildman–Crippen MR) is 291 cm³/mol. The van der Waals surface area contributed by atoms with Gasteiger partial charge in [-0.05, 0) is 60.2 Å². The van der Waals surface area contributed by atoms with Gasteiger partial charge in [0.15, 0.2) is 40.6 Å². The molecule has 0 fully saturated rings. The summed E-state index contributed by atoms with van der Waals surface area (Å²) >= 11 is 0. The lowest BCUT2D eigenvalue weighted by atomic mass is 9.88. The lowest BCUT2D eigenvalue weighted by molar-refractivity contribution is 1.07. The van der Waals surface area contributed by atoms with E-state index in [0.29, 0.717) is 79.7 Å². The van der Waals surface area contributed by atoms with Gasteiger partial charge in [0.05, 0.1) is 52.6 Å². The second-order valence-corrected chi connectivity index (χ2v) is 17.5. The van der Waals surface area contributed by atoms with E-state index in [9.17, 15) is 15.8 Å². The Morgan fingerprint density at radius 1 is 0.347 bits per heavy atom. The van der Waals surface area contributed by atoms with E-state index in [4.69, 9.17) is 36.5 Å². The molecule has 11 nitrogen and oxygen atoms in total. The summed E-state index contributed by atoms with van der Waals surface area (Å²) in [5.41, 5.74) is 10.2. The van der Waals surface area contributed by atoms with E-state index in [2.05, 4.69) is 39.8 Å². The van der Waals surface area contributed by atoms with Crippen molar-refractivity contribution in [2.24, 2.45) is 0 Å². The molecular formula is C64H35N11. The Morgan fingerprint density at radius 3 is 1.25 bits per heavy atom. The van der Waals surface area contributed by atoms with E-state index in [0.717, 1.165) is 49.6 Å². The van der Waals surface area contributed by atoms with Crippen molar-refractivity contribution in [3.8, 4) is 114 Å². The minimum absolute atomic E-state index is 0.259. The highest BCUT2D eigenvalue weighted by atomic mass is 15.0. The van der Waals surface area contributed by atoms with Crippen LogP contribution in [0.3, 0.4) is 0 Å². The Kier molecular flexibility index (Phi) is 11.5. The van der Waals surface area contributed by atoms with Crippen molar-refractivity contribution in [1.29, 1.82) is 15.8 Å². The summed E-state index contributed by atoms with van der Waals surface area (Å²) in [4.78, 5) is 34.0. The summed E-state index contributed by atoms with van der Waals surface area (Å²) in [6.07, 6.45) is 0. The molecule has 11 heteroatoms. The van der Waals surface area contributed by atoms with Gasteiger partial charge in [-0.1, -0.05) is 158 Å². The van der Waals surface area contributed by atoms with E-state index < -0.39 is 0 Å². The van der Waals surface area contributed by atoms with Gasteiger partial charge in [-0.3, -0.25) is 0 Å². The van der Waals surface area contributed by atoms with Crippen LogP contribution < -0.4 is 0 Å². The molecule has 0 aliphatic carbocycles. The van der Waals surface area contributed by atoms with Crippen molar-refractivity contribution in [2.75, 3.05) is 0 Å². The van der Waals surface area contributed by atoms with Gasteiger partial charge in [0, 0.05) is 66.4 Å². The van der Waals surface area contributed by atoms with Gasteiger partial charge >= 0.3 is 0 Å². The van der Waals surface area contributed by atoms with Crippen LogP contribution in [0.2, 0.25) is 0 Å². The average Bonchev–Trinajstić information content (AvgIpc) is 3.83. The zero-order valence-corrected chi connectivity index (χ0v) is 39.6. The van der Waals surface area contributed by atoms with Crippen LogP contribution >= 0.6 is 0 Å². The molecule has 75 heavy (non-hydrogen) atoms. The highest BCUT2D eigenvalue weighted by molar-refractivity contribution is 6.12. The zero-order chi connectivity index (χ0) is 50.8. The molecule has 0 unspecified atom stereocenters. The van der Waals surface area contributed by atoms with Crippen molar-refractivity contribution in [3.05, 3.63) is 240 Å². The van der Waals surface area contributed by atoms with Crippen molar-refractivity contribution < 1.29 is 0 Å². The molecule has 0 aliphatic rings. The van der Waals surface area contributed by atoms with E-state index >= 15 is 0 Å². The highest BCUT2D eigenvalue weighted by Crippen LogP contribution is 2.46. The molecule has 9 aromatic carbocycles. The smallest absolute Gasteiger partial charge is 0.188 e. The topological polar surface area (TPSA) is 158 Å². The maximum atomic E-state index is 10.9. The summed E-state index contributed by atoms with van der Waals surface area (Å²) in [7, 11) is 0. The normalized spacial score (nSPS) is 10.9. The lowest BCUT2D eigenvalue weighted by Crippen LogP contribution is -2.05. The second-order valence-electron chi connectivity index (χ2n) is 17.5. The first-order valence-corrected chi connectivity index (χ1v) is 23.8. The first kappa shape index (κ1) is 44.9. The number of aromatic nitrogens is 7. The molecule has 3 heterocycles. The number of benzene rings is 9. The molecule has 0 radical (unpaired) electrons. The average molecular weight is 958 g/mol. The Morgan fingerprint density at radius 2 is 0.773 bits per heavy atom. The fourth-order valence-corrected chi connectivity index (χ4v) is 9.51. The molecule has 0 spiro atoms. The SMILES string of the molecule is [C-]#[N+]c1ccc(-c2cc(-c3nc(-c4ccccc4)nc(-c4ccccc4)n3)cc(-c3ccc(C#N)cc3C#N)c2-n2c3ccccc3c3cc(-c4nc(-c5ccccc5)nc(-c5ccccc5)n4)ccc32)c(C#N)c1. The monoisotopic (exact) mass is 957 g/mol. The first-order chi connectivity index (χ1) is 37.0. The van der Waals surface area contributed by atoms with Gasteiger partial charge in [0.1, 0.15) is 0 Å². The van der Waals surface area contributed by atoms with Crippen LogP contribution in [0.1, 0.15) is 16.7 Å². The van der Waals surface area contributed by atoms with E-state index in [-0.39, 0.29) is 11.1 Å². The van der Waals surface area contributed by atoms with E-state index in [1.807, 2.05) is 164 Å². The Bertz CT molecular complexity index is 4180. The van der Waals surface area contributed by atoms with Crippen molar-refractivity contribution >= 4 is 27.5 Å². The number of hydrogen-bond acceptors (Lipinski definition) is 9. The number of rotatable bonds is 9. The fraction of sp³-hybridized carbons (Fsp3) is 0. The first-order valence-electron chi connectivity index (χ1n) is 23.8. The largest absolute Gasteiger partial charge is 0.308 e. The Balaban J connectivity index is 1.18. The van der Waals surface area contributed by atoms with Crippen LogP contribution in [0.5, 0.6) is 0 Å². The van der Waals surface area contributed by atoms with E-state index in [1.54, 1.807) is 36.4 Å². The molecule has 346 valence electrons. The van der Waals surface area contributed by atoms with Gasteiger partial charge in [-0.15, -0.1) is 0 Å². The molecule has 12 aromatic rings. The number of nitriles is 3. The van der Waals surface area contributed by atoms with Crippen LogP contribution in [0.4, 0.5) is 5.69 Å². The number of para-hydroxylation sites is 1. The highest BCUT2D eigenvalue weighted by Gasteiger charge is 2.26. The third kappa shape index (κ3) is 8.33. The number of hydrogen-bond donors (Lipinski definition) is 0. The molecule has 12 rings (SSSR count). The molecule has 0 amide bonds. The van der Waals surface area contributed by atoms with E-state index in [1.165, 1.54) is 0 Å². The summed E-state index contributed by atoms with van der Waals surface area (Å²) in [5.74, 6) is 2.80. The summed E-state index contributed by atoms with van der Waals surface area (Å²) in [6, 6.07) is 74.3. The van der Waals surface area contributed by atoms with Crippen LogP contribution in [-0.2, 0) is 0 Å². The van der Waals surface area contributed by atoms with Crippen molar-refractivity contribution in [1.82, 2.24) is 34.5 Å². The van der Waals surface area contributed by atoms with Crippen LogP contribution in [0.25, 0.3) is 123 Å². The molecule has 0 N–H and O–H groups in total. The summed E-state index contributed by atoms with van der Waals surface area (Å²) in [5, 5.41) is 33.8. The summed E-state index contributed by atoms with van der Waals surface area (Å²) < 4.78 is 2.16. The maximum Gasteiger partial charge on any atom is 0.188 e. The van der Waals surface area contributed by atoms with Gasteiger partial charge in [-0.25, -0.2) is 34.7 Å². The second kappa shape index (κ2) is 19.2. The third-order valence-corrected chi connectivity index (χ3v) is 13.0. The zero-order valence-electron chi connectivity index (χ0n) is 39.6. The van der Waals surface area contributed by atoms with Gasteiger partial charge in [0.25, 0.3) is 0 Å². The van der Waals surface area contributed by atoms with Crippen molar-refractivity contribution in [2.45, 2.75) is 0 Å². The van der Waals surface area contributed by atoms with Crippen LogP contribution in [0.15, 0.2) is 212 Å². The minimum atomic E-state index is 0.259.